The van der Waals surface area contributed by atoms with Crippen LogP contribution in [0.1, 0.15) is 0 Å². The summed E-state index contributed by atoms with van der Waals surface area (Å²) < 4.78 is 4.67. The summed E-state index contributed by atoms with van der Waals surface area (Å²) in [7, 11) is 0. The predicted octanol–water partition coefficient (Wildman–Crippen LogP) is 5.04. The van der Waals surface area contributed by atoms with E-state index in [0.29, 0.717) is 0 Å². The first-order valence-corrected chi connectivity index (χ1v) is 7.15. The van der Waals surface area contributed by atoms with Crippen molar-refractivity contribution in [3.8, 4) is 0 Å². The fraction of sp³-hybridized carbons (Fsp3) is 0. The van der Waals surface area contributed by atoms with Crippen molar-refractivity contribution in [1.82, 2.24) is 4.98 Å². The van der Waals surface area contributed by atoms with Crippen LogP contribution in [0.2, 0.25) is 0 Å². The topological polar surface area (TPSA) is 12.9 Å². The molecule has 5 heteroatoms. The van der Waals surface area contributed by atoms with E-state index in [1.54, 1.807) is 22.7 Å². The van der Waals surface area contributed by atoms with Gasteiger partial charge in [-0.1, -0.05) is 0 Å². The Bertz CT molecular complexity index is 626. The summed E-state index contributed by atoms with van der Waals surface area (Å²) >= 11 is 10.5. The lowest BCUT2D eigenvalue weighted by molar-refractivity contribution is 1.46. The van der Waals surface area contributed by atoms with Gasteiger partial charge in [0.25, 0.3) is 0 Å². The van der Waals surface area contributed by atoms with E-state index >= 15 is 0 Å². The molecule has 0 aliphatic rings. The smallest absolute Gasteiger partial charge is 0.0971 e. The number of fused-ring (bicyclic) bond motifs is 3. The number of aromatic nitrogens is 1. The van der Waals surface area contributed by atoms with Crippen LogP contribution >= 0.6 is 54.5 Å². The molecule has 0 aromatic carbocycles. The first kappa shape index (κ1) is 9.27. The molecule has 0 radical (unpaired) electrons. The van der Waals surface area contributed by atoms with Gasteiger partial charge in [-0.25, -0.2) is 0 Å². The Morgan fingerprint density at radius 3 is 3.00 bits per heavy atom. The number of thiophene rings is 2. The van der Waals surface area contributed by atoms with Gasteiger partial charge in [-0.3, -0.25) is 4.98 Å². The summed E-state index contributed by atoms with van der Waals surface area (Å²) in [6.45, 7) is 0. The van der Waals surface area contributed by atoms with Crippen LogP contribution in [0.3, 0.4) is 0 Å². The lowest BCUT2D eigenvalue weighted by Crippen LogP contribution is -1.72. The summed E-state index contributed by atoms with van der Waals surface area (Å²) in [6, 6.07) is 2.15. The summed E-state index contributed by atoms with van der Waals surface area (Å²) in [5.41, 5.74) is 1.05. The molecule has 0 fully saturated rings. The molecule has 70 valence electrons. The van der Waals surface area contributed by atoms with Crippen LogP contribution in [-0.4, -0.2) is 4.98 Å². The zero-order chi connectivity index (χ0) is 9.71. The zero-order valence-electron chi connectivity index (χ0n) is 6.75. The van der Waals surface area contributed by atoms with Crippen LogP contribution in [0.5, 0.6) is 0 Å². The maximum atomic E-state index is 4.45. The van der Waals surface area contributed by atoms with Gasteiger partial charge in [0, 0.05) is 11.6 Å². The number of nitrogens with zero attached hydrogens (tertiary/aromatic N) is 1. The van der Waals surface area contributed by atoms with Gasteiger partial charge in [-0.15, -0.1) is 22.7 Å². The number of rotatable bonds is 0. The number of halogens is 2. The second kappa shape index (κ2) is 3.27. The maximum Gasteiger partial charge on any atom is 0.0971 e. The highest BCUT2D eigenvalue weighted by Gasteiger charge is 2.11. The molecule has 0 aliphatic carbocycles. The molecule has 1 nitrogen and oxygen atoms in total. The van der Waals surface area contributed by atoms with E-state index in [9.17, 15) is 0 Å². The normalized spacial score (nSPS) is 11.6. The molecule has 0 atom stereocenters. The van der Waals surface area contributed by atoms with Crippen molar-refractivity contribution in [2.75, 3.05) is 0 Å². The van der Waals surface area contributed by atoms with E-state index in [2.05, 4.69) is 48.3 Å². The molecule has 14 heavy (non-hydrogen) atoms. The largest absolute Gasteiger partial charge is 0.253 e. The van der Waals surface area contributed by atoms with Gasteiger partial charge in [0.1, 0.15) is 0 Å². The molecule has 0 saturated carbocycles. The molecule has 0 aliphatic heterocycles. The molecule has 3 aromatic heterocycles. The molecular formula is C9H3Br2NS2. The number of hydrogen-bond acceptors (Lipinski definition) is 3. The third-order valence-corrected chi connectivity index (χ3v) is 6.34. The van der Waals surface area contributed by atoms with Crippen molar-refractivity contribution in [3.63, 3.8) is 0 Å². The van der Waals surface area contributed by atoms with Crippen LogP contribution in [0.25, 0.3) is 20.3 Å². The van der Waals surface area contributed by atoms with E-state index in [1.165, 1.54) is 14.8 Å². The van der Waals surface area contributed by atoms with Crippen LogP contribution < -0.4 is 0 Å². The van der Waals surface area contributed by atoms with Crippen molar-refractivity contribution >= 4 is 74.8 Å². The Morgan fingerprint density at radius 2 is 2.14 bits per heavy atom. The van der Waals surface area contributed by atoms with Crippen molar-refractivity contribution in [2.24, 2.45) is 0 Å². The monoisotopic (exact) mass is 347 g/mol. The Morgan fingerprint density at radius 1 is 1.29 bits per heavy atom. The maximum absolute atomic E-state index is 4.45. The lowest BCUT2D eigenvalue weighted by atomic mass is 10.3. The van der Waals surface area contributed by atoms with Crippen LogP contribution in [0.15, 0.2) is 25.9 Å². The van der Waals surface area contributed by atoms with Gasteiger partial charge in [0.2, 0.25) is 0 Å². The Kier molecular flexibility index (Phi) is 2.16. The number of pyridine rings is 1. The lowest BCUT2D eigenvalue weighted by Gasteiger charge is -1.91. The van der Waals surface area contributed by atoms with Crippen molar-refractivity contribution in [1.29, 1.82) is 0 Å². The third-order valence-electron chi connectivity index (χ3n) is 2.04. The second-order valence-electron chi connectivity index (χ2n) is 2.82. The molecule has 0 saturated heterocycles. The highest BCUT2D eigenvalue weighted by atomic mass is 79.9. The van der Waals surface area contributed by atoms with E-state index < -0.39 is 0 Å². The molecule has 0 bridgehead atoms. The van der Waals surface area contributed by atoms with Gasteiger partial charge in [0.05, 0.1) is 23.2 Å². The van der Waals surface area contributed by atoms with E-state index in [0.717, 1.165) is 13.8 Å². The van der Waals surface area contributed by atoms with Crippen molar-refractivity contribution < 1.29 is 0 Å². The Hall–Kier alpha value is 0.0300. The van der Waals surface area contributed by atoms with Gasteiger partial charge in [0.15, 0.2) is 0 Å². The van der Waals surface area contributed by atoms with Gasteiger partial charge in [-0.2, -0.15) is 0 Å². The fourth-order valence-corrected chi connectivity index (χ4v) is 4.48. The highest BCUT2D eigenvalue weighted by molar-refractivity contribution is 9.13. The van der Waals surface area contributed by atoms with E-state index in [-0.39, 0.29) is 0 Å². The zero-order valence-corrected chi connectivity index (χ0v) is 11.6. The molecule has 3 rings (SSSR count). The van der Waals surface area contributed by atoms with Crippen LogP contribution in [0, 0.1) is 0 Å². The molecule has 3 aromatic rings. The summed E-state index contributed by atoms with van der Waals surface area (Å²) in [4.78, 5) is 4.45. The minimum Gasteiger partial charge on any atom is -0.253 e. The van der Waals surface area contributed by atoms with Crippen LogP contribution in [-0.2, 0) is 0 Å². The molecular weight excluding hydrogens is 346 g/mol. The fourth-order valence-electron chi connectivity index (χ4n) is 1.41. The highest BCUT2D eigenvalue weighted by Crippen LogP contribution is 2.42. The first-order chi connectivity index (χ1) is 6.77. The van der Waals surface area contributed by atoms with Crippen molar-refractivity contribution in [3.05, 3.63) is 25.9 Å². The summed E-state index contributed by atoms with van der Waals surface area (Å²) in [5.74, 6) is 0. The Balaban J connectivity index is 2.63. The van der Waals surface area contributed by atoms with Crippen molar-refractivity contribution in [2.45, 2.75) is 0 Å². The predicted molar refractivity (Wildman–Crippen MR) is 70.4 cm³/mol. The molecule has 0 amide bonds. The minimum absolute atomic E-state index is 1.05. The molecule has 0 spiro atoms. The quantitative estimate of drug-likeness (QED) is 0.554. The first-order valence-electron chi connectivity index (χ1n) is 3.87. The van der Waals surface area contributed by atoms with E-state index in [4.69, 9.17) is 0 Å². The average Bonchev–Trinajstić information content (AvgIpc) is 2.73. The third kappa shape index (κ3) is 1.19. The summed E-state index contributed by atoms with van der Waals surface area (Å²) in [6.07, 6.45) is 1.94. The van der Waals surface area contributed by atoms with E-state index in [1.807, 2.05) is 6.20 Å². The molecule has 0 N–H and O–H groups in total. The Labute approximate surface area is 105 Å². The molecule has 3 heterocycles. The molecule has 0 unspecified atom stereocenters. The minimum atomic E-state index is 1.05. The average molecular weight is 349 g/mol. The van der Waals surface area contributed by atoms with Gasteiger partial charge < -0.3 is 0 Å². The SMILES string of the molecule is Brc1sc2c(ncc3sccc32)c1Br. The standard InChI is InChI=1S/C9H3Br2NS2/c10-6-7-8(14-9(6)11)4-1-2-13-5(4)3-12-7/h1-3H. The van der Waals surface area contributed by atoms with Gasteiger partial charge in [-0.05, 0) is 43.3 Å². The second-order valence-corrected chi connectivity index (χ2v) is 6.90. The summed E-state index contributed by atoms with van der Waals surface area (Å²) in [5, 5.41) is 3.41. The van der Waals surface area contributed by atoms with Crippen LogP contribution in [0.4, 0.5) is 0 Å². The number of hydrogen-bond donors (Lipinski definition) is 0. The van der Waals surface area contributed by atoms with Gasteiger partial charge >= 0.3 is 0 Å².